The smallest absolute Gasteiger partial charge is 0.292 e. The van der Waals surface area contributed by atoms with Gasteiger partial charge in [0.1, 0.15) is 5.69 Å². The van der Waals surface area contributed by atoms with E-state index in [4.69, 9.17) is 28.9 Å². The molecule has 0 aliphatic carbocycles. The SMILES string of the molecule is Nc1ccc(C(=O)N2CCC(C(=O)c3ccc(Cl)c(Cl)c3)CC2)cc1[N+](=O)[O-]. The summed E-state index contributed by atoms with van der Waals surface area (Å²) in [6, 6.07) is 8.79. The Morgan fingerprint density at radius 2 is 1.68 bits per heavy atom. The van der Waals surface area contributed by atoms with Gasteiger partial charge in [-0.15, -0.1) is 0 Å². The van der Waals surface area contributed by atoms with E-state index in [1.165, 1.54) is 18.2 Å². The number of carbonyl (C=O) groups is 2. The van der Waals surface area contributed by atoms with Crippen LogP contribution in [0.4, 0.5) is 11.4 Å². The molecule has 7 nitrogen and oxygen atoms in total. The number of halogens is 2. The van der Waals surface area contributed by atoms with Gasteiger partial charge in [0.2, 0.25) is 0 Å². The number of piperidine rings is 1. The fraction of sp³-hybridized carbons (Fsp3) is 0.263. The second-order valence-corrected chi connectivity index (χ2v) is 7.40. The Labute approximate surface area is 171 Å². The van der Waals surface area contributed by atoms with E-state index in [1.54, 1.807) is 23.1 Å². The standard InChI is InChI=1S/C19H17Cl2N3O4/c20-14-3-1-12(9-15(14)21)18(25)11-5-7-23(8-6-11)19(26)13-2-4-16(22)17(10-13)24(27)28/h1-4,9-11H,5-8,22H2. The van der Waals surface area contributed by atoms with Crippen LogP contribution in [-0.4, -0.2) is 34.6 Å². The maximum atomic E-state index is 12.7. The molecule has 9 heteroatoms. The molecule has 2 aromatic carbocycles. The van der Waals surface area contributed by atoms with Crippen molar-refractivity contribution in [1.82, 2.24) is 4.90 Å². The monoisotopic (exact) mass is 421 g/mol. The van der Waals surface area contributed by atoms with Crippen LogP contribution in [0.5, 0.6) is 0 Å². The topological polar surface area (TPSA) is 107 Å². The molecule has 1 fully saturated rings. The van der Waals surface area contributed by atoms with Crippen LogP contribution in [0.15, 0.2) is 36.4 Å². The fourth-order valence-corrected chi connectivity index (χ4v) is 3.55. The number of likely N-dealkylation sites (tertiary alicyclic amines) is 1. The minimum atomic E-state index is -0.617. The number of nitro benzene ring substituents is 1. The summed E-state index contributed by atoms with van der Waals surface area (Å²) in [5, 5.41) is 11.7. The normalized spacial score (nSPS) is 14.7. The number of benzene rings is 2. The van der Waals surface area contributed by atoms with E-state index in [0.717, 1.165) is 0 Å². The second kappa shape index (κ2) is 8.16. The molecule has 0 unspecified atom stereocenters. The van der Waals surface area contributed by atoms with Gasteiger partial charge in [0, 0.05) is 36.2 Å². The van der Waals surface area contributed by atoms with Crippen molar-refractivity contribution < 1.29 is 14.5 Å². The first-order valence-corrected chi connectivity index (χ1v) is 9.36. The maximum absolute atomic E-state index is 12.7. The Balaban J connectivity index is 1.67. The van der Waals surface area contributed by atoms with Gasteiger partial charge in [0.15, 0.2) is 5.78 Å². The van der Waals surface area contributed by atoms with Gasteiger partial charge in [-0.1, -0.05) is 23.2 Å². The zero-order valence-corrected chi connectivity index (χ0v) is 16.2. The van der Waals surface area contributed by atoms with Gasteiger partial charge in [0.05, 0.1) is 15.0 Å². The molecular weight excluding hydrogens is 405 g/mol. The van der Waals surface area contributed by atoms with Crippen LogP contribution in [0.25, 0.3) is 0 Å². The highest BCUT2D eigenvalue weighted by molar-refractivity contribution is 6.42. The average Bonchev–Trinajstić information content (AvgIpc) is 2.69. The van der Waals surface area contributed by atoms with Gasteiger partial charge in [-0.05, 0) is 43.2 Å². The Morgan fingerprint density at radius 3 is 2.29 bits per heavy atom. The molecule has 0 aromatic heterocycles. The number of nitrogens with zero attached hydrogens (tertiary/aromatic N) is 2. The van der Waals surface area contributed by atoms with E-state index in [2.05, 4.69) is 0 Å². The molecule has 1 saturated heterocycles. The number of amides is 1. The lowest BCUT2D eigenvalue weighted by Crippen LogP contribution is -2.40. The summed E-state index contributed by atoms with van der Waals surface area (Å²) in [5.41, 5.74) is 5.98. The number of nitrogens with two attached hydrogens (primary N) is 1. The molecule has 0 bridgehead atoms. The molecule has 1 heterocycles. The van der Waals surface area contributed by atoms with Crippen LogP contribution < -0.4 is 5.73 Å². The highest BCUT2D eigenvalue weighted by atomic mass is 35.5. The number of hydrogen-bond donors (Lipinski definition) is 1. The summed E-state index contributed by atoms with van der Waals surface area (Å²) in [5.74, 6) is -0.570. The molecule has 146 valence electrons. The number of nitrogen functional groups attached to an aromatic ring is 1. The Kier molecular flexibility index (Phi) is 5.86. The van der Waals surface area contributed by atoms with Crippen molar-refractivity contribution in [3.63, 3.8) is 0 Å². The van der Waals surface area contributed by atoms with Gasteiger partial charge < -0.3 is 10.6 Å². The molecule has 0 radical (unpaired) electrons. The lowest BCUT2D eigenvalue weighted by atomic mass is 9.88. The predicted octanol–water partition coefficient (Wildman–Crippen LogP) is 4.22. The molecule has 2 aromatic rings. The molecule has 1 amide bonds. The zero-order chi connectivity index (χ0) is 20.4. The Bertz CT molecular complexity index is 956. The van der Waals surface area contributed by atoms with Crippen molar-refractivity contribution in [2.75, 3.05) is 18.8 Å². The first-order chi connectivity index (χ1) is 13.3. The van der Waals surface area contributed by atoms with Crippen LogP contribution >= 0.6 is 23.2 Å². The van der Waals surface area contributed by atoms with Crippen LogP contribution in [0.2, 0.25) is 10.0 Å². The summed E-state index contributed by atoms with van der Waals surface area (Å²) in [7, 11) is 0. The quantitative estimate of drug-likeness (QED) is 0.344. The maximum Gasteiger partial charge on any atom is 0.292 e. The number of rotatable bonds is 4. The summed E-state index contributed by atoms with van der Waals surface area (Å²) < 4.78 is 0. The van der Waals surface area contributed by atoms with E-state index >= 15 is 0 Å². The molecule has 28 heavy (non-hydrogen) atoms. The van der Waals surface area contributed by atoms with E-state index < -0.39 is 4.92 Å². The lowest BCUT2D eigenvalue weighted by Gasteiger charge is -2.31. The van der Waals surface area contributed by atoms with Crippen LogP contribution in [0.3, 0.4) is 0 Å². The first kappa shape index (κ1) is 20.1. The molecule has 0 spiro atoms. The number of Topliss-reactive ketones (excluding diaryl/α,β-unsaturated/α-hetero) is 1. The summed E-state index contributed by atoms with van der Waals surface area (Å²) in [6.07, 6.45) is 1.00. The fourth-order valence-electron chi connectivity index (χ4n) is 3.25. The largest absolute Gasteiger partial charge is 0.393 e. The first-order valence-electron chi connectivity index (χ1n) is 8.60. The third kappa shape index (κ3) is 4.10. The van der Waals surface area contributed by atoms with Gasteiger partial charge in [0.25, 0.3) is 11.6 Å². The van der Waals surface area contributed by atoms with Crippen LogP contribution in [0.1, 0.15) is 33.6 Å². The second-order valence-electron chi connectivity index (χ2n) is 6.59. The minimum absolute atomic E-state index is 0.00693. The molecule has 0 saturated carbocycles. The van der Waals surface area contributed by atoms with Crippen molar-refractivity contribution in [2.24, 2.45) is 5.92 Å². The van der Waals surface area contributed by atoms with Crippen molar-refractivity contribution in [2.45, 2.75) is 12.8 Å². The van der Waals surface area contributed by atoms with E-state index in [0.29, 0.717) is 41.5 Å². The highest BCUT2D eigenvalue weighted by Gasteiger charge is 2.29. The van der Waals surface area contributed by atoms with Gasteiger partial charge in [-0.2, -0.15) is 0 Å². The van der Waals surface area contributed by atoms with Gasteiger partial charge in [-0.25, -0.2) is 0 Å². The van der Waals surface area contributed by atoms with Crippen molar-refractivity contribution in [3.05, 3.63) is 67.7 Å². The Morgan fingerprint density at radius 1 is 1.04 bits per heavy atom. The van der Waals surface area contributed by atoms with Gasteiger partial charge >= 0.3 is 0 Å². The number of anilines is 1. The third-order valence-corrected chi connectivity index (χ3v) is 5.57. The Hall–Kier alpha value is -2.64. The van der Waals surface area contributed by atoms with Crippen LogP contribution in [-0.2, 0) is 0 Å². The van der Waals surface area contributed by atoms with E-state index in [-0.39, 0.29) is 34.5 Å². The minimum Gasteiger partial charge on any atom is -0.393 e. The predicted molar refractivity (Wildman–Crippen MR) is 107 cm³/mol. The zero-order valence-electron chi connectivity index (χ0n) is 14.7. The lowest BCUT2D eigenvalue weighted by molar-refractivity contribution is -0.383. The van der Waals surface area contributed by atoms with Crippen molar-refractivity contribution in [3.8, 4) is 0 Å². The number of hydrogen-bond acceptors (Lipinski definition) is 5. The molecular formula is C19H17Cl2N3O4. The molecule has 1 aliphatic heterocycles. The number of carbonyl (C=O) groups excluding carboxylic acids is 2. The summed E-state index contributed by atoms with van der Waals surface area (Å²) >= 11 is 11.9. The molecule has 3 rings (SSSR count). The number of nitro groups is 1. The summed E-state index contributed by atoms with van der Waals surface area (Å²) in [4.78, 5) is 37.3. The van der Waals surface area contributed by atoms with E-state index in [9.17, 15) is 19.7 Å². The molecule has 0 atom stereocenters. The van der Waals surface area contributed by atoms with Crippen molar-refractivity contribution in [1.29, 1.82) is 0 Å². The molecule has 2 N–H and O–H groups in total. The summed E-state index contributed by atoms with van der Waals surface area (Å²) in [6.45, 7) is 0.767. The van der Waals surface area contributed by atoms with E-state index in [1.807, 2.05) is 0 Å². The van der Waals surface area contributed by atoms with Crippen LogP contribution in [0, 0.1) is 16.0 Å². The molecule has 1 aliphatic rings. The van der Waals surface area contributed by atoms with Crippen molar-refractivity contribution >= 4 is 46.3 Å². The number of ketones is 1. The average molecular weight is 422 g/mol. The highest BCUT2D eigenvalue weighted by Crippen LogP contribution is 2.28. The van der Waals surface area contributed by atoms with Gasteiger partial charge in [-0.3, -0.25) is 19.7 Å². The third-order valence-electron chi connectivity index (χ3n) is 4.83.